The van der Waals surface area contributed by atoms with Crippen molar-refractivity contribution >= 4 is 23.5 Å². The number of oxime groups is 1. The molecular weight excluding hydrogens is 384 g/mol. The fraction of sp³-hybridized carbons (Fsp3) is 0.333. The number of benzene rings is 1. The van der Waals surface area contributed by atoms with Gasteiger partial charge < -0.3 is 20.9 Å². The first kappa shape index (κ1) is 19.0. The molecule has 9 nitrogen and oxygen atoms in total. The Morgan fingerprint density at radius 3 is 2.89 bits per heavy atom. The van der Waals surface area contributed by atoms with E-state index in [1.165, 1.54) is 0 Å². The highest BCUT2D eigenvalue weighted by Gasteiger charge is 2.31. The molecule has 0 fully saturated rings. The maximum atomic E-state index is 13.4. The third-order valence-corrected chi connectivity index (χ3v) is 4.80. The van der Waals surface area contributed by atoms with Gasteiger partial charge in [0.05, 0.1) is 18.4 Å². The van der Waals surface area contributed by atoms with Crippen LogP contribution in [0.3, 0.4) is 0 Å². The molecule has 1 atom stereocenters. The number of aliphatic hydroxyl groups excluding tert-OH is 1. The highest BCUT2D eigenvalue weighted by molar-refractivity contribution is 8.00. The van der Waals surface area contributed by atoms with Crippen molar-refractivity contribution in [2.45, 2.75) is 17.5 Å². The summed E-state index contributed by atoms with van der Waals surface area (Å²) in [5.41, 5.74) is 1.27. The first-order valence-corrected chi connectivity index (χ1v) is 8.81. The first-order chi connectivity index (χ1) is 13.0. The molecule has 0 aliphatic heterocycles. The number of hydrogen-bond donors (Lipinski definition) is 4. The van der Waals surface area contributed by atoms with Crippen molar-refractivity contribution in [3.63, 3.8) is 0 Å². The van der Waals surface area contributed by atoms with Gasteiger partial charge in [0, 0.05) is 6.54 Å². The molecule has 4 N–H and O–H groups in total. The van der Waals surface area contributed by atoms with Gasteiger partial charge in [-0.1, -0.05) is 16.9 Å². The lowest BCUT2D eigenvalue weighted by Gasteiger charge is -2.31. The van der Waals surface area contributed by atoms with Crippen LogP contribution in [0, 0.1) is 11.6 Å². The number of halogens is 2. The fourth-order valence-corrected chi connectivity index (χ4v) is 3.27. The number of nitrogens with one attached hydrogen (secondary N) is 2. The van der Waals surface area contributed by atoms with Gasteiger partial charge in [-0.2, -0.15) is 0 Å². The largest absolute Gasteiger partial charge is 0.409 e. The Morgan fingerprint density at radius 1 is 1.37 bits per heavy atom. The highest BCUT2D eigenvalue weighted by Crippen LogP contribution is 2.35. The van der Waals surface area contributed by atoms with Crippen molar-refractivity contribution in [2.24, 2.45) is 5.16 Å². The van der Waals surface area contributed by atoms with E-state index in [0.29, 0.717) is 17.5 Å². The summed E-state index contributed by atoms with van der Waals surface area (Å²) in [6.45, 7) is -0.0434. The maximum absolute atomic E-state index is 13.4. The van der Waals surface area contributed by atoms with Crippen LogP contribution in [0.15, 0.2) is 26.9 Å². The summed E-state index contributed by atoms with van der Waals surface area (Å²) in [7, 11) is 0. The van der Waals surface area contributed by atoms with E-state index < -0.39 is 17.7 Å². The molecule has 0 saturated heterocycles. The van der Waals surface area contributed by atoms with Gasteiger partial charge in [0.25, 0.3) is 0 Å². The Hall–Kier alpha value is -2.73. The van der Waals surface area contributed by atoms with Crippen LogP contribution in [0.2, 0.25) is 0 Å². The molecule has 1 aliphatic carbocycles. The predicted molar refractivity (Wildman–Crippen MR) is 89.4 cm³/mol. The van der Waals surface area contributed by atoms with E-state index in [-0.39, 0.29) is 41.4 Å². The van der Waals surface area contributed by atoms with Gasteiger partial charge in [0.1, 0.15) is 0 Å². The fourth-order valence-electron chi connectivity index (χ4n) is 2.54. The Morgan fingerprint density at radius 2 is 2.15 bits per heavy atom. The SMILES string of the molecule is O=C(CSc1nonc1/C(=N\O)NC1Cc2cc(F)c(F)cc21)NCCO. The molecule has 0 radical (unpaired) electrons. The summed E-state index contributed by atoms with van der Waals surface area (Å²) in [5.74, 6) is -2.30. The number of carbonyl (C=O) groups excluding carboxylic acids is 1. The summed E-state index contributed by atoms with van der Waals surface area (Å²) in [6.07, 6.45) is 0.406. The lowest BCUT2D eigenvalue weighted by atomic mass is 9.83. The number of hydrogen-bond acceptors (Lipinski definition) is 8. The third-order valence-electron chi connectivity index (χ3n) is 3.85. The molecule has 1 amide bonds. The van der Waals surface area contributed by atoms with Gasteiger partial charge in [0.15, 0.2) is 28.2 Å². The van der Waals surface area contributed by atoms with Crippen LogP contribution in [-0.2, 0) is 11.2 Å². The van der Waals surface area contributed by atoms with Crippen LogP contribution in [0.25, 0.3) is 0 Å². The number of amidine groups is 1. The van der Waals surface area contributed by atoms with Crippen molar-refractivity contribution in [2.75, 3.05) is 18.9 Å². The number of carbonyl (C=O) groups is 1. The maximum Gasteiger partial charge on any atom is 0.230 e. The summed E-state index contributed by atoms with van der Waals surface area (Å²) in [5, 5.41) is 34.0. The normalized spacial score (nSPS) is 15.8. The summed E-state index contributed by atoms with van der Waals surface area (Å²) in [6, 6.07) is 1.81. The van der Waals surface area contributed by atoms with Crippen molar-refractivity contribution in [1.29, 1.82) is 0 Å². The molecule has 1 aromatic carbocycles. The van der Waals surface area contributed by atoms with Crippen molar-refractivity contribution in [3.05, 3.63) is 40.6 Å². The topological polar surface area (TPSA) is 133 Å². The number of amides is 1. The molecule has 0 saturated carbocycles. The average molecular weight is 399 g/mol. The minimum atomic E-state index is -0.962. The lowest BCUT2D eigenvalue weighted by molar-refractivity contribution is -0.118. The van der Waals surface area contributed by atoms with E-state index in [1.54, 1.807) is 0 Å². The zero-order chi connectivity index (χ0) is 19.4. The van der Waals surface area contributed by atoms with Gasteiger partial charge in [-0.15, -0.1) is 0 Å². The molecule has 2 aromatic rings. The standard InChI is InChI=1S/C15H15F2N5O4S/c16-9-3-7-4-11(8(7)5-10(9)17)19-14(20-25)13-15(22-26-21-13)27-6-12(24)18-1-2-23/h3,5,11,23,25H,1-2,4,6H2,(H,18,24)(H,19,20). The lowest BCUT2D eigenvalue weighted by Crippen LogP contribution is -2.37. The van der Waals surface area contributed by atoms with E-state index in [4.69, 9.17) is 5.11 Å². The zero-order valence-electron chi connectivity index (χ0n) is 13.8. The van der Waals surface area contributed by atoms with Crippen LogP contribution in [0.1, 0.15) is 22.9 Å². The first-order valence-electron chi connectivity index (χ1n) is 7.83. The van der Waals surface area contributed by atoms with Crippen molar-refractivity contribution in [3.8, 4) is 0 Å². The van der Waals surface area contributed by atoms with Gasteiger partial charge in [-0.3, -0.25) is 4.79 Å². The van der Waals surface area contributed by atoms with Gasteiger partial charge in [0.2, 0.25) is 5.91 Å². The molecule has 12 heteroatoms. The number of nitrogens with zero attached hydrogens (tertiary/aromatic N) is 3. The Bertz CT molecular complexity index is 876. The number of aromatic nitrogens is 2. The van der Waals surface area contributed by atoms with Crippen LogP contribution < -0.4 is 10.6 Å². The molecule has 1 unspecified atom stereocenters. The Labute approximate surface area is 155 Å². The van der Waals surface area contributed by atoms with E-state index >= 15 is 0 Å². The van der Waals surface area contributed by atoms with E-state index in [2.05, 4.69) is 30.7 Å². The summed E-state index contributed by atoms with van der Waals surface area (Å²) in [4.78, 5) is 11.6. The van der Waals surface area contributed by atoms with E-state index in [1.807, 2.05) is 0 Å². The molecule has 3 rings (SSSR count). The number of fused-ring (bicyclic) bond motifs is 1. The van der Waals surface area contributed by atoms with Crippen LogP contribution >= 0.6 is 11.8 Å². The molecule has 1 aliphatic rings. The number of rotatable bonds is 7. The second kappa shape index (κ2) is 8.31. The van der Waals surface area contributed by atoms with Crippen molar-refractivity contribution in [1.82, 2.24) is 20.9 Å². The van der Waals surface area contributed by atoms with E-state index in [9.17, 15) is 18.8 Å². The van der Waals surface area contributed by atoms with Gasteiger partial charge in [-0.05, 0) is 40.0 Å². The van der Waals surface area contributed by atoms with Crippen LogP contribution in [0.4, 0.5) is 8.78 Å². The average Bonchev–Trinajstić information content (AvgIpc) is 3.12. The number of aliphatic hydroxyl groups is 1. The molecule has 0 bridgehead atoms. The molecule has 1 heterocycles. The third kappa shape index (κ3) is 4.17. The minimum Gasteiger partial charge on any atom is -0.409 e. The molecule has 0 spiro atoms. The highest BCUT2D eigenvalue weighted by atomic mass is 32.2. The molecular formula is C15H15F2N5O4S. The zero-order valence-corrected chi connectivity index (χ0v) is 14.6. The smallest absolute Gasteiger partial charge is 0.230 e. The quantitative estimate of drug-likeness (QED) is 0.175. The van der Waals surface area contributed by atoms with Crippen LogP contribution in [0.5, 0.6) is 0 Å². The second-order valence-electron chi connectivity index (χ2n) is 5.60. The summed E-state index contributed by atoms with van der Waals surface area (Å²) >= 11 is 0.996. The molecule has 1 aromatic heterocycles. The minimum absolute atomic E-state index is 0.0172. The van der Waals surface area contributed by atoms with Gasteiger partial charge in [-0.25, -0.2) is 13.4 Å². The van der Waals surface area contributed by atoms with Gasteiger partial charge >= 0.3 is 0 Å². The van der Waals surface area contributed by atoms with Crippen LogP contribution in [-0.4, -0.2) is 51.3 Å². The summed E-state index contributed by atoms with van der Waals surface area (Å²) < 4.78 is 31.3. The monoisotopic (exact) mass is 399 g/mol. The number of thioether (sulfide) groups is 1. The Kier molecular flexibility index (Phi) is 5.86. The molecule has 27 heavy (non-hydrogen) atoms. The van der Waals surface area contributed by atoms with Crippen molar-refractivity contribution < 1.29 is 28.5 Å². The van der Waals surface area contributed by atoms with E-state index in [0.717, 1.165) is 23.9 Å². The predicted octanol–water partition coefficient (Wildman–Crippen LogP) is 0.571. The Balaban J connectivity index is 1.66. The molecule has 144 valence electrons. The second-order valence-corrected chi connectivity index (χ2v) is 6.56.